The van der Waals surface area contributed by atoms with E-state index in [-0.39, 0.29) is 6.71 Å². The molecule has 3 aromatic heterocycles. The number of para-hydroxylation sites is 6. The molecule has 5 heterocycles. The monoisotopic (exact) mass is 1160 g/mol. The van der Waals surface area contributed by atoms with Crippen LogP contribution in [0.3, 0.4) is 0 Å². The van der Waals surface area contributed by atoms with Gasteiger partial charge in [0.15, 0.2) is 0 Å². The third-order valence-electron chi connectivity index (χ3n) is 19.1. The summed E-state index contributed by atoms with van der Waals surface area (Å²) in [6, 6.07) is 120. The lowest BCUT2D eigenvalue weighted by atomic mass is 9.33. The van der Waals surface area contributed by atoms with Crippen LogP contribution in [-0.2, 0) is 0 Å². The standard InChI is InChI=1S/C84H53BN4S/c1-4-22-54(23-5-1)56-40-44-58(45-41-56)62-28-10-16-34-72(62)88-77-49-48-61(87-74-36-18-12-30-64(74)65-31-13-19-37-75(65)87)50-70(77)85-71-53-78-68(66-32-14-20-38-76(66)86(78)60-26-8-3-9-27-60)51-79(71)89(83-82(85)80(88)52-69-67-33-15-21-39-81(67)90-84(69)83)73-35-17-11-29-63(73)59-46-42-57(43-47-59)55-24-6-2-7-25-55/h1-53H. The van der Waals surface area contributed by atoms with Crippen molar-refractivity contribution in [2.24, 2.45) is 0 Å². The average molecular weight is 1160 g/mol. The minimum atomic E-state index is -0.226. The maximum absolute atomic E-state index is 2.69. The minimum Gasteiger partial charge on any atom is -0.311 e. The van der Waals surface area contributed by atoms with E-state index in [9.17, 15) is 0 Å². The van der Waals surface area contributed by atoms with Gasteiger partial charge in [0.1, 0.15) is 0 Å². The molecule has 0 aliphatic carbocycles. The van der Waals surface area contributed by atoms with Gasteiger partial charge in [0.25, 0.3) is 6.71 Å². The second-order valence-corrected chi connectivity index (χ2v) is 24.9. The molecule has 0 amide bonds. The summed E-state index contributed by atoms with van der Waals surface area (Å²) in [5.41, 5.74) is 27.1. The number of anilines is 6. The summed E-state index contributed by atoms with van der Waals surface area (Å²) < 4.78 is 7.51. The van der Waals surface area contributed by atoms with Crippen molar-refractivity contribution in [2.45, 2.75) is 0 Å². The highest BCUT2D eigenvalue weighted by Crippen LogP contribution is 2.54. The number of hydrogen-bond donors (Lipinski definition) is 0. The van der Waals surface area contributed by atoms with Crippen molar-refractivity contribution in [2.75, 3.05) is 9.80 Å². The van der Waals surface area contributed by atoms with Gasteiger partial charge in [-0.25, -0.2) is 0 Å². The molecule has 0 bridgehead atoms. The first-order valence-corrected chi connectivity index (χ1v) is 31.8. The summed E-state index contributed by atoms with van der Waals surface area (Å²) in [5.74, 6) is 0. The van der Waals surface area contributed by atoms with E-state index in [0.717, 1.165) is 50.7 Å². The van der Waals surface area contributed by atoms with E-state index in [4.69, 9.17) is 0 Å². The average Bonchev–Trinajstić information content (AvgIpc) is 1.14. The molecule has 4 nitrogen and oxygen atoms in total. The Morgan fingerprint density at radius 2 is 0.700 bits per heavy atom. The number of thiophene rings is 1. The maximum Gasteiger partial charge on any atom is 0.252 e. The molecule has 14 aromatic carbocycles. The second kappa shape index (κ2) is 20.1. The van der Waals surface area contributed by atoms with Gasteiger partial charge in [0.2, 0.25) is 0 Å². The number of benzene rings is 14. The van der Waals surface area contributed by atoms with E-state index in [2.05, 4.69) is 340 Å². The van der Waals surface area contributed by atoms with Gasteiger partial charge in [-0.2, -0.15) is 0 Å². The van der Waals surface area contributed by atoms with E-state index in [1.807, 2.05) is 11.3 Å². The van der Waals surface area contributed by atoms with Crippen molar-refractivity contribution >= 4 is 132 Å². The van der Waals surface area contributed by atoms with E-state index in [1.165, 1.54) is 119 Å². The summed E-state index contributed by atoms with van der Waals surface area (Å²) in [7, 11) is 0. The van der Waals surface area contributed by atoms with Crippen LogP contribution in [0, 0.1) is 0 Å². The van der Waals surface area contributed by atoms with Crippen LogP contribution in [-0.4, -0.2) is 15.8 Å². The predicted octanol–water partition coefficient (Wildman–Crippen LogP) is 21.0. The first-order valence-electron chi connectivity index (χ1n) is 31.0. The van der Waals surface area contributed by atoms with Gasteiger partial charge in [-0.3, -0.25) is 0 Å². The third-order valence-corrected chi connectivity index (χ3v) is 20.3. The lowest BCUT2D eigenvalue weighted by Crippen LogP contribution is -2.61. The van der Waals surface area contributed by atoms with Crippen molar-refractivity contribution in [3.8, 4) is 55.9 Å². The molecule has 0 N–H and O–H groups in total. The fourth-order valence-electron chi connectivity index (χ4n) is 15.2. The molecule has 0 spiro atoms. The Kier molecular flexibility index (Phi) is 11.3. The first kappa shape index (κ1) is 50.7. The van der Waals surface area contributed by atoms with E-state index in [1.54, 1.807) is 0 Å². The fourth-order valence-corrected chi connectivity index (χ4v) is 16.4. The Morgan fingerprint density at radius 3 is 1.30 bits per heavy atom. The third kappa shape index (κ3) is 7.62. The summed E-state index contributed by atoms with van der Waals surface area (Å²) in [6.07, 6.45) is 0. The highest BCUT2D eigenvalue weighted by atomic mass is 32.1. The maximum atomic E-state index is 2.69. The second-order valence-electron chi connectivity index (χ2n) is 23.9. The summed E-state index contributed by atoms with van der Waals surface area (Å²) >= 11 is 1.92. The molecule has 0 unspecified atom stereocenters. The molecule has 2 aliphatic rings. The number of hydrogen-bond acceptors (Lipinski definition) is 3. The predicted molar refractivity (Wildman–Crippen MR) is 384 cm³/mol. The Balaban J connectivity index is 0.957. The highest BCUT2D eigenvalue weighted by Gasteiger charge is 2.46. The van der Waals surface area contributed by atoms with Crippen LogP contribution in [0.5, 0.6) is 0 Å². The normalized spacial score (nSPS) is 12.6. The number of aromatic nitrogens is 2. The van der Waals surface area contributed by atoms with Gasteiger partial charge >= 0.3 is 0 Å². The van der Waals surface area contributed by atoms with Gasteiger partial charge in [-0.05, 0) is 135 Å². The Bertz CT molecular complexity index is 5680. The van der Waals surface area contributed by atoms with E-state index < -0.39 is 0 Å². The number of fused-ring (bicyclic) bond motifs is 14. The largest absolute Gasteiger partial charge is 0.311 e. The first-order chi connectivity index (χ1) is 44.7. The Morgan fingerprint density at radius 1 is 0.256 bits per heavy atom. The molecule has 90 heavy (non-hydrogen) atoms. The summed E-state index contributed by atoms with van der Waals surface area (Å²) in [4.78, 5) is 5.31. The molecule has 0 fully saturated rings. The van der Waals surface area contributed by atoms with Gasteiger partial charge in [0, 0.05) is 76.6 Å². The molecule has 0 radical (unpaired) electrons. The Labute approximate surface area is 525 Å². The van der Waals surface area contributed by atoms with Crippen LogP contribution in [0.1, 0.15) is 0 Å². The zero-order valence-electron chi connectivity index (χ0n) is 48.9. The fraction of sp³-hybridized carbons (Fsp3) is 0. The molecular formula is C84H53BN4S. The van der Waals surface area contributed by atoms with Crippen LogP contribution < -0.4 is 26.2 Å². The number of rotatable bonds is 8. The zero-order valence-corrected chi connectivity index (χ0v) is 49.7. The van der Waals surface area contributed by atoms with Gasteiger partial charge < -0.3 is 18.9 Å². The van der Waals surface area contributed by atoms with Crippen molar-refractivity contribution in [3.05, 3.63) is 322 Å². The summed E-state index contributed by atoms with van der Waals surface area (Å²) in [6.45, 7) is -0.226. The molecule has 0 atom stereocenters. The van der Waals surface area contributed by atoms with Crippen molar-refractivity contribution in [3.63, 3.8) is 0 Å². The highest BCUT2D eigenvalue weighted by molar-refractivity contribution is 7.26. The molecule has 2 aliphatic heterocycles. The van der Waals surface area contributed by atoms with Crippen LogP contribution in [0.25, 0.3) is 120 Å². The molecule has 19 rings (SSSR count). The zero-order chi connectivity index (χ0) is 59.0. The van der Waals surface area contributed by atoms with Crippen LogP contribution >= 0.6 is 11.3 Å². The smallest absolute Gasteiger partial charge is 0.252 e. The Hall–Kier alpha value is -11.4. The molecule has 0 saturated heterocycles. The number of nitrogens with zero attached hydrogens (tertiary/aromatic N) is 4. The lowest BCUT2D eigenvalue weighted by Gasteiger charge is -2.45. The van der Waals surface area contributed by atoms with Crippen molar-refractivity contribution in [1.29, 1.82) is 0 Å². The quantitative estimate of drug-likeness (QED) is 0.141. The van der Waals surface area contributed by atoms with Gasteiger partial charge in [-0.15, -0.1) is 11.3 Å². The van der Waals surface area contributed by atoms with Gasteiger partial charge in [0.05, 0.1) is 43.8 Å². The van der Waals surface area contributed by atoms with E-state index in [0.29, 0.717) is 0 Å². The molecular weight excluding hydrogens is 1110 g/mol. The molecule has 0 saturated carbocycles. The molecule has 6 heteroatoms. The molecule has 17 aromatic rings. The summed E-state index contributed by atoms with van der Waals surface area (Å²) in [5, 5.41) is 7.39. The van der Waals surface area contributed by atoms with Crippen LogP contribution in [0.15, 0.2) is 322 Å². The van der Waals surface area contributed by atoms with Crippen LogP contribution in [0.4, 0.5) is 34.1 Å². The molecule has 418 valence electrons. The lowest BCUT2D eigenvalue weighted by molar-refractivity contribution is 1.18. The van der Waals surface area contributed by atoms with Crippen molar-refractivity contribution in [1.82, 2.24) is 9.13 Å². The topological polar surface area (TPSA) is 16.3 Å². The minimum absolute atomic E-state index is 0.226. The van der Waals surface area contributed by atoms with Gasteiger partial charge in [-0.1, -0.05) is 237 Å². The SMILES string of the molecule is c1ccc(-c2ccc(-c3ccccc3N3c4ccc(-n5c6ccccc6c6ccccc65)cc4B4c5cc6c(cc5N(c5ccccc5-c5ccc(-c7ccccc7)cc5)c5c4c3cc3c5sc4ccccc43)c3ccccc3n6-c3ccccc3)cc2)cc1. The van der Waals surface area contributed by atoms with E-state index >= 15 is 0 Å². The van der Waals surface area contributed by atoms with Crippen LogP contribution in [0.2, 0.25) is 0 Å². The van der Waals surface area contributed by atoms with Crippen molar-refractivity contribution < 1.29 is 0 Å².